The number of hydrogen-bond acceptors (Lipinski definition) is 3. The van der Waals surface area contributed by atoms with Gasteiger partial charge < -0.3 is 15.4 Å². The summed E-state index contributed by atoms with van der Waals surface area (Å²) in [5.74, 6) is -2.19. The molecule has 2 rings (SSSR count). The van der Waals surface area contributed by atoms with E-state index in [0.717, 1.165) is 17.7 Å². The van der Waals surface area contributed by atoms with Crippen LogP contribution in [0.25, 0.3) is 0 Å². The molecule has 0 radical (unpaired) electrons. The van der Waals surface area contributed by atoms with Gasteiger partial charge in [-0.1, -0.05) is 12.1 Å². The molecule has 0 bridgehead atoms. The number of halogens is 2. The van der Waals surface area contributed by atoms with Crippen LogP contribution in [0, 0.1) is 17.0 Å². The summed E-state index contributed by atoms with van der Waals surface area (Å²) in [6, 6.07) is 9.89. The van der Waals surface area contributed by atoms with Crippen LogP contribution in [0.1, 0.15) is 19.4 Å². The highest BCUT2D eigenvalue weighted by Gasteiger charge is 2.36. The Hall–Kier alpha value is -2.96. The van der Waals surface area contributed by atoms with E-state index in [0.29, 0.717) is 11.8 Å². The van der Waals surface area contributed by atoms with E-state index < -0.39 is 28.9 Å². The van der Waals surface area contributed by atoms with Crippen LogP contribution in [-0.4, -0.2) is 18.9 Å². The normalized spacial score (nSPS) is 11.0. The number of ether oxygens (including phenoxy) is 1. The molecule has 2 amide bonds. The number of hydrogen-bond donors (Lipinski definition) is 2. The van der Waals surface area contributed by atoms with E-state index in [1.165, 1.54) is 13.8 Å². The van der Waals surface area contributed by atoms with Crippen molar-refractivity contribution >= 4 is 17.5 Å². The van der Waals surface area contributed by atoms with Gasteiger partial charge in [0.15, 0.2) is 0 Å². The van der Waals surface area contributed by atoms with Gasteiger partial charge in [0.25, 0.3) is 0 Å². The average Bonchev–Trinajstić information content (AvgIpc) is 2.62. The van der Waals surface area contributed by atoms with Crippen molar-refractivity contribution in [2.75, 3.05) is 12.4 Å². The first kappa shape index (κ1) is 19.4. The number of carbonyl (C=O) groups is 2. The summed E-state index contributed by atoms with van der Waals surface area (Å²) in [4.78, 5) is 24.7. The quantitative estimate of drug-likeness (QED) is 0.775. The second-order valence-electron chi connectivity index (χ2n) is 6.23. The molecular weight excluding hydrogens is 342 g/mol. The Morgan fingerprint density at radius 1 is 1.04 bits per heavy atom. The summed E-state index contributed by atoms with van der Waals surface area (Å²) in [5, 5.41) is 4.99. The van der Waals surface area contributed by atoms with E-state index in [2.05, 4.69) is 10.6 Å². The molecule has 0 saturated carbocycles. The van der Waals surface area contributed by atoms with Crippen LogP contribution in [0.4, 0.5) is 14.5 Å². The van der Waals surface area contributed by atoms with E-state index in [9.17, 15) is 18.4 Å². The fourth-order valence-corrected chi connectivity index (χ4v) is 2.12. The first-order valence-corrected chi connectivity index (χ1v) is 7.92. The van der Waals surface area contributed by atoms with Gasteiger partial charge in [-0.15, -0.1) is 0 Å². The van der Waals surface area contributed by atoms with Crippen LogP contribution in [0.3, 0.4) is 0 Å². The fourth-order valence-electron chi connectivity index (χ4n) is 2.12. The van der Waals surface area contributed by atoms with E-state index in [4.69, 9.17) is 4.74 Å². The molecule has 0 aliphatic rings. The summed E-state index contributed by atoms with van der Waals surface area (Å²) in [5.41, 5.74) is -0.805. The molecule has 0 aliphatic carbocycles. The summed E-state index contributed by atoms with van der Waals surface area (Å²) >= 11 is 0. The van der Waals surface area contributed by atoms with Crippen molar-refractivity contribution in [3.8, 4) is 5.75 Å². The van der Waals surface area contributed by atoms with E-state index in [-0.39, 0.29) is 12.2 Å². The van der Waals surface area contributed by atoms with Gasteiger partial charge in [0, 0.05) is 12.6 Å². The average molecular weight is 362 g/mol. The Morgan fingerprint density at radius 3 is 2.27 bits per heavy atom. The third-order valence-electron chi connectivity index (χ3n) is 3.93. The lowest BCUT2D eigenvalue weighted by atomic mass is 9.90. The molecule has 5 nitrogen and oxygen atoms in total. The molecule has 0 atom stereocenters. The number of amides is 2. The van der Waals surface area contributed by atoms with E-state index in [1.807, 2.05) is 0 Å². The van der Waals surface area contributed by atoms with Gasteiger partial charge in [-0.05, 0) is 43.7 Å². The third-order valence-corrected chi connectivity index (χ3v) is 3.93. The van der Waals surface area contributed by atoms with Crippen LogP contribution >= 0.6 is 0 Å². The zero-order valence-electron chi connectivity index (χ0n) is 14.7. The summed E-state index contributed by atoms with van der Waals surface area (Å²) in [6.45, 7) is 3.07. The van der Waals surface area contributed by atoms with E-state index in [1.54, 1.807) is 31.4 Å². The molecular formula is C19H20F2N2O3. The van der Waals surface area contributed by atoms with Crippen molar-refractivity contribution in [2.45, 2.75) is 20.4 Å². The Bertz CT molecular complexity index is 805. The maximum atomic E-state index is 13.7. The van der Waals surface area contributed by atoms with Gasteiger partial charge in [-0.2, -0.15) is 0 Å². The maximum absolute atomic E-state index is 13.7. The molecule has 138 valence electrons. The predicted octanol–water partition coefficient (Wildman–Crippen LogP) is 3.25. The van der Waals surface area contributed by atoms with Crippen molar-refractivity contribution in [1.29, 1.82) is 0 Å². The van der Waals surface area contributed by atoms with Gasteiger partial charge in [0.05, 0.1) is 12.8 Å². The van der Waals surface area contributed by atoms with Crippen molar-refractivity contribution in [2.24, 2.45) is 5.41 Å². The number of nitrogens with one attached hydrogen (secondary N) is 2. The Morgan fingerprint density at radius 2 is 1.69 bits per heavy atom. The molecule has 26 heavy (non-hydrogen) atoms. The van der Waals surface area contributed by atoms with Crippen molar-refractivity contribution in [1.82, 2.24) is 5.32 Å². The Kier molecular flexibility index (Phi) is 5.92. The zero-order valence-corrected chi connectivity index (χ0v) is 14.7. The van der Waals surface area contributed by atoms with Crippen LogP contribution < -0.4 is 15.4 Å². The van der Waals surface area contributed by atoms with Crippen LogP contribution in [0.5, 0.6) is 5.75 Å². The number of benzene rings is 2. The van der Waals surface area contributed by atoms with E-state index >= 15 is 0 Å². The molecule has 0 aromatic heterocycles. The number of anilines is 1. The molecule has 2 N–H and O–H groups in total. The van der Waals surface area contributed by atoms with Crippen molar-refractivity contribution in [3.63, 3.8) is 0 Å². The summed E-state index contributed by atoms with van der Waals surface area (Å²) in [7, 11) is 1.56. The monoisotopic (exact) mass is 362 g/mol. The van der Waals surface area contributed by atoms with Gasteiger partial charge in [-0.25, -0.2) is 8.78 Å². The standard InChI is InChI=1S/C19H20F2N2O3/c1-19(2,18(25)23-16-9-6-13(20)10-15(16)21)17(24)22-11-12-4-7-14(26-3)8-5-12/h4-10H,11H2,1-3H3,(H,22,24)(H,23,25). The van der Waals surface area contributed by atoms with Crippen molar-refractivity contribution in [3.05, 3.63) is 59.7 Å². The molecule has 7 heteroatoms. The largest absolute Gasteiger partial charge is 0.497 e. The summed E-state index contributed by atoms with van der Waals surface area (Å²) in [6.07, 6.45) is 0. The first-order chi connectivity index (χ1) is 12.2. The lowest BCUT2D eigenvalue weighted by Crippen LogP contribution is -2.45. The molecule has 0 unspecified atom stereocenters. The molecule has 2 aromatic rings. The SMILES string of the molecule is COc1ccc(CNC(=O)C(C)(C)C(=O)Nc2ccc(F)cc2F)cc1. The molecule has 0 fully saturated rings. The predicted molar refractivity (Wildman–Crippen MR) is 93.6 cm³/mol. The first-order valence-electron chi connectivity index (χ1n) is 7.92. The van der Waals surface area contributed by atoms with Gasteiger partial charge in [0.2, 0.25) is 11.8 Å². The molecule has 0 heterocycles. The minimum absolute atomic E-state index is 0.188. The van der Waals surface area contributed by atoms with Crippen LogP contribution in [-0.2, 0) is 16.1 Å². The van der Waals surface area contributed by atoms with Gasteiger partial charge in [-0.3, -0.25) is 9.59 Å². The number of rotatable bonds is 6. The lowest BCUT2D eigenvalue weighted by Gasteiger charge is -2.23. The molecule has 2 aromatic carbocycles. The maximum Gasteiger partial charge on any atom is 0.239 e. The van der Waals surface area contributed by atoms with Gasteiger partial charge in [0.1, 0.15) is 22.8 Å². The third kappa shape index (κ3) is 4.56. The highest BCUT2D eigenvalue weighted by atomic mass is 19.1. The smallest absolute Gasteiger partial charge is 0.239 e. The van der Waals surface area contributed by atoms with Crippen LogP contribution in [0.15, 0.2) is 42.5 Å². The minimum atomic E-state index is -1.45. The topological polar surface area (TPSA) is 67.4 Å². The Balaban J connectivity index is 1.99. The highest BCUT2D eigenvalue weighted by Crippen LogP contribution is 2.22. The number of carbonyl (C=O) groups excluding carboxylic acids is 2. The molecule has 0 aliphatic heterocycles. The minimum Gasteiger partial charge on any atom is -0.497 e. The zero-order chi connectivity index (χ0) is 19.3. The highest BCUT2D eigenvalue weighted by molar-refractivity contribution is 6.09. The molecule has 0 saturated heterocycles. The van der Waals surface area contributed by atoms with Crippen LogP contribution in [0.2, 0.25) is 0 Å². The lowest BCUT2D eigenvalue weighted by molar-refractivity contribution is -0.138. The fraction of sp³-hybridized carbons (Fsp3) is 0.263. The molecule has 0 spiro atoms. The second kappa shape index (κ2) is 7.95. The van der Waals surface area contributed by atoms with Gasteiger partial charge >= 0.3 is 0 Å². The Labute approximate surface area is 150 Å². The number of methoxy groups -OCH3 is 1. The summed E-state index contributed by atoms with van der Waals surface area (Å²) < 4.78 is 31.7. The van der Waals surface area contributed by atoms with Crippen molar-refractivity contribution < 1.29 is 23.1 Å². The second-order valence-corrected chi connectivity index (χ2v) is 6.23.